The summed E-state index contributed by atoms with van der Waals surface area (Å²) in [6.07, 6.45) is 0.500. The first-order chi connectivity index (χ1) is 10.9. The fourth-order valence-corrected chi connectivity index (χ4v) is 3.90. The molecule has 1 aromatic carbocycles. The monoisotopic (exact) mass is 379 g/mol. The summed E-state index contributed by atoms with van der Waals surface area (Å²) in [7, 11) is -6.85. The second kappa shape index (κ2) is 6.11. The lowest BCUT2D eigenvalue weighted by Crippen LogP contribution is -2.40. The number of nitrogens with one attached hydrogen (secondary N) is 2. The number of amides is 2. The molecular formula is C12H14FN3O6S2. The van der Waals surface area contributed by atoms with Gasteiger partial charge in [-0.05, 0) is 18.2 Å². The Bertz CT molecular complexity index is 913. The Kier molecular flexibility index (Phi) is 4.65. The maximum absolute atomic E-state index is 14.0. The quantitative estimate of drug-likeness (QED) is 0.647. The number of rotatable bonds is 5. The van der Waals surface area contributed by atoms with E-state index in [1.165, 1.54) is 7.05 Å². The Morgan fingerprint density at radius 3 is 2.29 bits per heavy atom. The Morgan fingerprint density at radius 2 is 1.83 bits per heavy atom. The normalized spacial score (nSPS) is 19.0. The van der Waals surface area contributed by atoms with Gasteiger partial charge in [0.25, 0.3) is 0 Å². The molecule has 0 aromatic heterocycles. The number of likely N-dealkylation sites (N-methyl/N-ethyl adjacent to an activating group) is 1. The summed E-state index contributed by atoms with van der Waals surface area (Å²) in [5.41, 5.74) is -0.152. The molecule has 0 unspecified atom stereocenters. The average Bonchev–Trinajstić information content (AvgIpc) is 2.63. The lowest BCUT2D eigenvalue weighted by Gasteiger charge is -2.13. The number of carbonyl (C=O) groups excluding carboxylic acids is 2. The van der Waals surface area contributed by atoms with Crippen LogP contribution in [0.2, 0.25) is 0 Å². The van der Waals surface area contributed by atoms with Gasteiger partial charge in [0.2, 0.25) is 31.9 Å². The van der Waals surface area contributed by atoms with E-state index in [0.29, 0.717) is 6.07 Å². The third-order valence-corrected chi connectivity index (χ3v) is 5.32. The SMILES string of the molecule is CN1C(=O)C[C@H](NS(=O)(=O)c2ccc(NS(C)(=O)=O)cc2F)C1=O. The zero-order chi connectivity index (χ0) is 18.3. The number of hydrogen-bond donors (Lipinski definition) is 2. The minimum atomic E-state index is -4.42. The van der Waals surface area contributed by atoms with Crippen molar-refractivity contribution < 1.29 is 30.8 Å². The second-order valence-electron chi connectivity index (χ2n) is 5.19. The van der Waals surface area contributed by atoms with E-state index in [4.69, 9.17) is 0 Å². The van der Waals surface area contributed by atoms with Crippen molar-refractivity contribution in [2.45, 2.75) is 17.4 Å². The van der Waals surface area contributed by atoms with Crippen LogP contribution < -0.4 is 9.44 Å². The van der Waals surface area contributed by atoms with Crippen LogP contribution in [0.3, 0.4) is 0 Å². The molecule has 1 aromatic rings. The molecule has 2 N–H and O–H groups in total. The van der Waals surface area contributed by atoms with Crippen LogP contribution in [0.15, 0.2) is 23.1 Å². The average molecular weight is 379 g/mol. The maximum Gasteiger partial charge on any atom is 0.247 e. The third kappa shape index (κ3) is 3.88. The number of anilines is 1. The van der Waals surface area contributed by atoms with E-state index in [1.54, 1.807) is 0 Å². The summed E-state index contributed by atoms with van der Waals surface area (Å²) in [6.45, 7) is 0. The molecule has 132 valence electrons. The van der Waals surface area contributed by atoms with E-state index in [-0.39, 0.29) is 12.1 Å². The first-order valence-corrected chi connectivity index (χ1v) is 9.88. The number of hydrogen-bond acceptors (Lipinski definition) is 6. The number of carbonyl (C=O) groups is 2. The van der Waals surface area contributed by atoms with Crippen molar-refractivity contribution in [3.05, 3.63) is 24.0 Å². The van der Waals surface area contributed by atoms with Crippen LogP contribution in [-0.2, 0) is 29.6 Å². The highest BCUT2D eigenvalue weighted by molar-refractivity contribution is 7.92. The first-order valence-electron chi connectivity index (χ1n) is 6.51. The van der Waals surface area contributed by atoms with Crippen LogP contribution in [0.1, 0.15) is 6.42 Å². The largest absolute Gasteiger partial charge is 0.284 e. The summed E-state index contributed by atoms with van der Waals surface area (Å²) >= 11 is 0. The maximum atomic E-state index is 14.0. The molecule has 12 heteroatoms. The van der Waals surface area contributed by atoms with Gasteiger partial charge in [0, 0.05) is 7.05 Å². The first kappa shape index (κ1) is 18.3. The second-order valence-corrected chi connectivity index (χ2v) is 8.62. The van der Waals surface area contributed by atoms with Crippen molar-refractivity contribution in [1.29, 1.82) is 0 Å². The van der Waals surface area contributed by atoms with E-state index in [9.17, 15) is 30.8 Å². The van der Waals surface area contributed by atoms with Gasteiger partial charge in [0.15, 0.2) is 0 Å². The van der Waals surface area contributed by atoms with Crippen LogP contribution in [0.25, 0.3) is 0 Å². The van der Waals surface area contributed by atoms with Crippen molar-refractivity contribution in [2.75, 3.05) is 18.0 Å². The molecule has 1 heterocycles. The Labute approximate surface area is 137 Å². The smallest absolute Gasteiger partial charge is 0.247 e. The molecule has 2 rings (SSSR count). The van der Waals surface area contributed by atoms with Crippen LogP contribution in [0.5, 0.6) is 0 Å². The number of likely N-dealkylation sites (tertiary alicyclic amines) is 1. The molecule has 24 heavy (non-hydrogen) atoms. The highest BCUT2D eigenvalue weighted by Crippen LogP contribution is 2.21. The molecule has 0 bridgehead atoms. The fraction of sp³-hybridized carbons (Fsp3) is 0.333. The molecule has 1 aliphatic heterocycles. The molecular weight excluding hydrogens is 365 g/mol. The Balaban J connectivity index is 2.27. The standard InChI is InChI=1S/C12H14FN3O6S2/c1-16-11(17)6-9(12(16)18)15-24(21,22)10-4-3-7(5-8(10)13)14-23(2,19)20/h3-5,9,14-15H,6H2,1-2H3/t9-/m0/s1. The molecule has 1 atom stereocenters. The van der Waals surface area contributed by atoms with Crippen LogP contribution >= 0.6 is 0 Å². The molecule has 0 aliphatic carbocycles. The van der Waals surface area contributed by atoms with E-state index >= 15 is 0 Å². The van der Waals surface area contributed by atoms with Crippen LogP contribution in [0.4, 0.5) is 10.1 Å². The molecule has 1 saturated heterocycles. The van der Waals surface area contributed by atoms with E-state index < -0.39 is 48.6 Å². The van der Waals surface area contributed by atoms with Gasteiger partial charge in [0.1, 0.15) is 16.8 Å². The molecule has 0 saturated carbocycles. The Morgan fingerprint density at radius 1 is 1.21 bits per heavy atom. The number of sulfonamides is 2. The number of nitrogens with zero attached hydrogens (tertiary/aromatic N) is 1. The topological polar surface area (TPSA) is 130 Å². The van der Waals surface area contributed by atoms with Crippen molar-refractivity contribution >= 4 is 37.5 Å². The van der Waals surface area contributed by atoms with Gasteiger partial charge in [-0.3, -0.25) is 19.2 Å². The highest BCUT2D eigenvalue weighted by atomic mass is 32.2. The van der Waals surface area contributed by atoms with E-state index in [0.717, 1.165) is 23.3 Å². The van der Waals surface area contributed by atoms with E-state index in [2.05, 4.69) is 0 Å². The summed E-state index contributed by atoms with van der Waals surface area (Å²) < 4.78 is 64.6. The number of halogens is 1. The number of benzene rings is 1. The van der Waals surface area contributed by atoms with Gasteiger partial charge in [-0.1, -0.05) is 0 Å². The van der Waals surface area contributed by atoms with Gasteiger partial charge in [-0.2, -0.15) is 4.72 Å². The Hall–Kier alpha value is -2.05. The van der Waals surface area contributed by atoms with Gasteiger partial charge in [-0.15, -0.1) is 0 Å². The summed E-state index contributed by atoms with van der Waals surface area (Å²) in [5.74, 6) is -2.50. The molecule has 0 radical (unpaired) electrons. The summed E-state index contributed by atoms with van der Waals surface area (Å²) in [4.78, 5) is 23.1. The van der Waals surface area contributed by atoms with Gasteiger partial charge in [0.05, 0.1) is 18.4 Å². The lowest BCUT2D eigenvalue weighted by molar-refractivity contribution is -0.137. The molecule has 1 aliphatic rings. The predicted molar refractivity (Wildman–Crippen MR) is 81.4 cm³/mol. The molecule has 9 nitrogen and oxygen atoms in total. The highest BCUT2D eigenvalue weighted by Gasteiger charge is 2.39. The molecule has 0 spiro atoms. The zero-order valence-electron chi connectivity index (χ0n) is 12.6. The minimum absolute atomic E-state index is 0.152. The van der Waals surface area contributed by atoms with Crippen LogP contribution in [-0.4, -0.2) is 52.9 Å². The third-order valence-electron chi connectivity index (χ3n) is 3.20. The zero-order valence-corrected chi connectivity index (χ0v) is 14.2. The molecule has 1 fully saturated rings. The van der Waals surface area contributed by atoms with Gasteiger partial charge in [-0.25, -0.2) is 21.2 Å². The summed E-state index contributed by atoms with van der Waals surface area (Å²) in [6, 6.07) is 1.31. The molecule has 2 amide bonds. The lowest BCUT2D eigenvalue weighted by atomic mass is 10.3. The van der Waals surface area contributed by atoms with Crippen molar-refractivity contribution in [3.8, 4) is 0 Å². The van der Waals surface area contributed by atoms with Crippen molar-refractivity contribution in [2.24, 2.45) is 0 Å². The van der Waals surface area contributed by atoms with Crippen molar-refractivity contribution in [1.82, 2.24) is 9.62 Å². The van der Waals surface area contributed by atoms with Gasteiger partial charge >= 0.3 is 0 Å². The van der Waals surface area contributed by atoms with Gasteiger partial charge < -0.3 is 0 Å². The van der Waals surface area contributed by atoms with E-state index in [1.807, 2.05) is 9.44 Å². The summed E-state index contributed by atoms with van der Waals surface area (Å²) in [5, 5.41) is 0. The fourth-order valence-electron chi connectivity index (χ4n) is 2.09. The minimum Gasteiger partial charge on any atom is -0.284 e. The predicted octanol–water partition coefficient (Wildman–Crippen LogP) is -0.767. The van der Waals surface area contributed by atoms with Crippen molar-refractivity contribution in [3.63, 3.8) is 0 Å². The number of imide groups is 1. The van der Waals surface area contributed by atoms with Crippen LogP contribution in [0, 0.1) is 5.82 Å².